The van der Waals surface area contributed by atoms with Gasteiger partial charge in [-0.3, -0.25) is 4.98 Å². The van der Waals surface area contributed by atoms with Crippen molar-refractivity contribution in [2.24, 2.45) is 0 Å². The zero-order chi connectivity index (χ0) is 15.9. The van der Waals surface area contributed by atoms with Crippen LogP contribution in [0, 0.1) is 12.3 Å². The number of pyridine rings is 3. The second-order valence-electron chi connectivity index (χ2n) is 5.67. The van der Waals surface area contributed by atoms with Gasteiger partial charge < -0.3 is 9.97 Å². The fourth-order valence-electron chi connectivity index (χ4n) is 2.95. The van der Waals surface area contributed by atoms with E-state index in [4.69, 9.17) is 4.98 Å². The summed E-state index contributed by atoms with van der Waals surface area (Å²) in [6.45, 7) is 0. The molecule has 5 rings (SSSR count). The standard InChI is InChI=1S/C21H11N3.Y/c1-2-6-18-16(4-1)12-17(13-23-18)19-10-9-15-8-7-14-5-3-11-22-20(14)21(15)24-19;/h1-9,11-12H;/q-2;. The summed E-state index contributed by atoms with van der Waals surface area (Å²) in [4.78, 5) is 13.7. The van der Waals surface area contributed by atoms with Crippen LogP contribution in [0.3, 0.4) is 0 Å². The van der Waals surface area contributed by atoms with E-state index in [9.17, 15) is 0 Å². The monoisotopic (exact) mass is 394 g/mol. The third-order valence-electron chi connectivity index (χ3n) is 4.16. The first-order chi connectivity index (χ1) is 11.9. The number of hydrogen-bond acceptors (Lipinski definition) is 3. The van der Waals surface area contributed by atoms with Crippen molar-refractivity contribution in [2.45, 2.75) is 0 Å². The summed E-state index contributed by atoms with van der Waals surface area (Å²) in [5.41, 5.74) is 4.28. The minimum absolute atomic E-state index is 0. The predicted octanol–water partition coefficient (Wildman–Crippen LogP) is 4.60. The maximum absolute atomic E-state index is 4.79. The van der Waals surface area contributed by atoms with Gasteiger partial charge in [0.25, 0.3) is 0 Å². The van der Waals surface area contributed by atoms with E-state index < -0.39 is 0 Å². The molecule has 0 aliphatic rings. The smallest absolute Gasteiger partial charge is 0.0829 e. The first-order valence-corrected chi connectivity index (χ1v) is 7.72. The van der Waals surface area contributed by atoms with Crippen molar-refractivity contribution < 1.29 is 32.7 Å². The van der Waals surface area contributed by atoms with Crippen LogP contribution in [0.15, 0.2) is 66.9 Å². The number of rotatable bonds is 1. The maximum atomic E-state index is 4.79. The summed E-state index contributed by atoms with van der Waals surface area (Å²) >= 11 is 0. The minimum atomic E-state index is 0. The predicted molar refractivity (Wildman–Crippen MR) is 95.5 cm³/mol. The summed E-state index contributed by atoms with van der Waals surface area (Å²) in [7, 11) is 0. The average Bonchev–Trinajstić information content (AvgIpc) is 2.67. The van der Waals surface area contributed by atoms with Crippen LogP contribution >= 0.6 is 0 Å². The molecule has 5 aromatic rings. The molecule has 3 aromatic heterocycles. The molecule has 0 saturated heterocycles. The topological polar surface area (TPSA) is 38.7 Å². The van der Waals surface area contributed by atoms with Crippen LogP contribution in [0.1, 0.15) is 0 Å². The first-order valence-electron chi connectivity index (χ1n) is 7.72. The maximum Gasteiger partial charge on any atom is 0.0829 e. The van der Waals surface area contributed by atoms with E-state index >= 15 is 0 Å². The number of para-hydroxylation sites is 1. The van der Waals surface area contributed by atoms with Crippen LogP contribution < -0.4 is 0 Å². The van der Waals surface area contributed by atoms with Crippen molar-refractivity contribution >= 4 is 32.7 Å². The van der Waals surface area contributed by atoms with Crippen molar-refractivity contribution in [3.63, 3.8) is 0 Å². The normalized spacial score (nSPS) is 10.9. The molecule has 25 heavy (non-hydrogen) atoms. The molecule has 0 aliphatic heterocycles. The zero-order valence-corrected chi connectivity index (χ0v) is 16.1. The summed E-state index contributed by atoms with van der Waals surface area (Å²) in [5.74, 6) is 0. The van der Waals surface area contributed by atoms with Crippen LogP contribution in [-0.2, 0) is 32.7 Å². The molecule has 115 valence electrons. The van der Waals surface area contributed by atoms with Crippen molar-refractivity contribution in [1.82, 2.24) is 15.0 Å². The van der Waals surface area contributed by atoms with Crippen molar-refractivity contribution in [1.29, 1.82) is 0 Å². The Kier molecular flexibility index (Phi) is 4.28. The van der Waals surface area contributed by atoms with E-state index in [0.29, 0.717) is 0 Å². The van der Waals surface area contributed by atoms with Gasteiger partial charge in [0, 0.05) is 49.8 Å². The molecule has 0 amide bonds. The van der Waals surface area contributed by atoms with E-state index in [-0.39, 0.29) is 32.7 Å². The van der Waals surface area contributed by atoms with Gasteiger partial charge in [0.1, 0.15) is 0 Å². The van der Waals surface area contributed by atoms with Gasteiger partial charge in [0.2, 0.25) is 0 Å². The molecule has 0 aliphatic carbocycles. The molecule has 0 saturated carbocycles. The molecule has 2 aromatic carbocycles. The third-order valence-corrected chi connectivity index (χ3v) is 4.16. The first kappa shape index (κ1) is 16.3. The summed E-state index contributed by atoms with van der Waals surface area (Å²) in [6, 6.07) is 23.3. The van der Waals surface area contributed by atoms with Crippen LogP contribution in [0.25, 0.3) is 44.0 Å². The fraction of sp³-hybridized carbons (Fsp3) is 0. The number of benzene rings is 2. The van der Waals surface area contributed by atoms with Crippen molar-refractivity contribution in [2.75, 3.05) is 0 Å². The summed E-state index contributed by atoms with van der Waals surface area (Å²) in [6.07, 6.45) is 4.87. The fourth-order valence-corrected chi connectivity index (χ4v) is 2.95. The molecule has 4 heteroatoms. The Labute approximate surface area is 170 Å². The van der Waals surface area contributed by atoms with E-state index in [1.54, 1.807) is 6.20 Å². The largest absolute Gasteiger partial charge is 0.366 e. The van der Waals surface area contributed by atoms with E-state index in [1.807, 2.05) is 48.5 Å². The molecular formula is C21H11N3Y-2. The van der Waals surface area contributed by atoms with Gasteiger partial charge in [-0.05, 0) is 11.6 Å². The van der Waals surface area contributed by atoms with Gasteiger partial charge in [-0.15, -0.1) is 18.0 Å². The van der Waals surface area contributed by atoms with Crippen molar-refractivity contribution in [3.05, 3.63) is 79.1 Å². The van der Waals surface area contributed by atoms with Crippen LogP contribution in [0.2, 0.25) is 0 Å². The number of aromatic nitrogens is 3. The van der Waals surface area contributed by atoms with Gasteiger partial charge in [0.15, 0.2) is 0 Å². The average molecular weight is 394 g/mol. The summed E-state index contributed by atoms with van der Waals surface area (Å²) in [5, 5.41) is 3.17. The van der Waals surface area contributed by atoms with Gasteiger partial charge in [-0.2, -0.15) is 12.1 Å². The van der Waals surface area contributed by atoms with E-state index in [1.165, 1.54) is 0 Å². The number of nitrogens with zero attached hydrogens (tertiary/aromatic N) is 3. The van der Waals surface area contributed by atoms with Crippen LogP contribution in [-0.4, -0.2) is 15.0 Å². The van der Waals surface area contributed by atoms with Gasteiger partial charge in [-0.1, -0.05) is 47.2 Å². The van der Waals surface area contributed by atoms with E-state index in [2.05, 4.69) is 34.4 Å². The van der Waals surface area contributed by atoms with Gasteiger partial charge in [-0.25, -0.2) is 11.6 Å². The Morgan fingerprint density at radius 2 is 1.64 bits per heavy atom. The number of fused-ring (bicyclic) bond motifs is 4. The Balaban J connectivity index is 0.00000157. The second kappa shape index (κ2) is 6.59. The molecule has 0 unspecified atom stereocenters. The van der Waals surface area contributed by atoms with E-state index in [0.717, 1.165) is 44.0 Å². The Bertz CT molecular complexity index is 1220. The quantitative estimate of drug-likeness (QED) is 0.308. The second-order valence-corrected chi connectivity index (χ2v) is 5.67. The molecular weight excluding hydrogens is 383 g/mol. The van der Waals surface area contributed by atoms with Crippen LogP contribution in [0.4, 0.5) is 0 Å². The van der Waals surface area contributed by atoms with Gasteiger partial charge in [0.05, 0.1) is 5.52 Å². The van der Waals surface area contributed by atoms with Gasteiger partial charge >= 0.3 is 0 Å². The SMILES string of the molecule is [Y].[c-]1nc2ccccc2cc1-c1[c-]cc2ccc3cccnc3c2n1. The molecule has 0 spiro atoms. The molecule has 3 heterocycles. The third kappa shape index (κ3) is 2.84. The Hall–Kier alpha value is -2.23. The molecule has 0 atom stereocenters. The molecule has 3 nitrogen and oxygen atoms in total. The minimum Gasteiger partial charge on any atom is -0.366 e. The Morgan fingerprint density at radius 3 is 2.60 bits per heavy atom. The Morgan fingerprint density at radius 1 is 0.800 bits per heavy atom. The van der Waals surface area contributed by atoms with Crippen LogP contribution in [0.5, 0.6) is 0 Å². The molecule has 0 N–H and O–H groups in total. The molecule has 0 fully saturated rings. The molecule has 1 radical (unpaired) electrons. The molecule has 0 bridgehead atoms. The summed E-state index contributed by atoms with van der Waals surface area (Å²) < 4.78 is 0. The number of hydrogen-bond donors (Lipinski definition) is 0. The zero-order valence-electron chi connectivity index (χ0n) is 13.3. The van der Waals surface area contributed by atoms with Crippen molar-refractivity contribution in [3.8, 4) is 11.3 Å².